The molecule has 12 heavy (non-hydrogen) atoms. The number of aliphatic hydroxyl groups excluding tert-OH is 1. The van der Waals surface area contributed by atoms with Gasteiger partial charge in [0.05, 0.1) is 6.61 Å². The quantitative estimate of drug-likeness (QED) is 0.639. The van der Waals surface area contributed by atoms with E-state index in [4.69, 9.17) is 10.2 Å². The molecule has 0 spiro atoms. The minimum atomic E-state index is -1.17. The molecule has 0 aromatic carbocycles. The Balaban J connectivity index is 4.63. The van der Waals surface area contributed by atoms with E-state index in [1.165, 1.54) is 6.92 Å². The molecule has 0 saturated carbocycles. The van der Waals surface area contributed by atoms with Crippen molar-refractivity contribution in [3.05, 3.63) is 0 Å². The molecular weight excluding hydrogens is 158 g/mol. The van der Waals surface area contributed by atoms with Gasteiger partial charge in [-0.15, -0.1) is 0 Å². The zero-order valence-corrected chi connectivity index (χ0v) is 8.03. The van der Waals surface area contributed by atoms with Crippen LogP contribution in [0.1, 0.15) is 20.8 Å². The van der Waals surface area contributed by atoms with Crippen LogP contribution in [0.15, 0.2) is 0 Å². The van der Waals surface area contributed by atoms with Crippen molar-refractivity contribution in [2.75, 3.05) is 13.7 Å². The van der Waals surface area contributed by atoms with Gasteiger partial charge in [-0.05, 0) is 27.8 Å². The van der Waals surface area contributed by atoms with Crippen molar-refractivity contribution in [1.29, 1.82) is 0 Å². The monoisotopic (exact) mass is 175 g/mol. The number of aliphatic carboxylic acids is 1. The maximum absolute atomic E-state index is 10.8. The Morgan fingerprint density at radius 2 is 2.00 bits per heavy atom. The van der Waals surface area contributed by atoms with Gasteiger partial charge in [-0.3, -0.25) is 9.69 Å². The second-order valence-electron chi connectivity index (χ2n) is 3.44. The van der Waals surface area contributed by atoms with Gasteiger partial charge in [0.2, 0.25) is 0 Å². The SMILES string of the molecule is CC(C)N(C)[C@@](C)(CO)C(=O)O. The minimum Gasteiger partial charge on any atom is -0.480 e. The van der Waals surface area contributed by atoms with E-state index in [0.717, 1.165) is 0 Å². The van der Waals surface area contributed by atoms with Gasteiger partial charge in [0, 0.05) is 6.04 Å². The van der Waals surface area contributed by atoms with Crippen LogP contribution in [-0.2, 0) is 4.79 Å². The van der Waals surface area contributed by atoms with Gasteiger partial charge < -0.3 is 10.2 Å². The van der Waals surface area contributed by atoms with Crippen LogP contribution in [0.4, 0.5) is 0 Å². The molecular formula is C8H17NO3. The van der Waals surface area contributed by atoms with Crippen LogP contribution in [0.5, 0.6) is 0 Å². The first-order chi connectivity index (χ1) is 5.36. The summed E-state index contributed by atoms with van der Waals surface area (Å²) in [6.07, 6.45) is 0. The summed E-state index contributed by atoms with van der Waals surface area (Å²) in [4.78, 5) is 12.4. The van der Waals surface area contributed by atoms with E-state index >= 15 is 0 Å². The van der Waals surface area contributed by atoms with E-state index in [0.29, 0.717) is 0 Å². The Bertz CT molecular complexity index is 170. The van der Waals surface area contributed by atoms with Crippen molar-refractivity contribution in [1.82, 2.24) is 4.90 Å². The molecule has 0 radical (unpaired) electrons. The zero-order chi connectivity index (χ0) is 9.94. The van der Waals surface area contributed by atoms with Crippen LogP contribution in [0, 0.1) is 0 Å². The lowest BCUT2D eigenvalue weighted by atomic mass is 10.0. The average Bonchev–Trinajstić information content (AvgIpc) is 2.01. The molecule has 0 aromatic heterocycles. The van der Waals surface area contributed by atoms with Crippen LogP contribution >= 0.6 is 0 Å². The molecule has 0 rings (SSSR count). The number of rotatable bonds is 4. The zero-order valence-electron chi connectivity index (χ0n) is 8.03. The highest BCUT2D eigenvalue weighted by molar-refractivity contribution is 5.78. The van der Waals surface area contributed by atoms with Crippen molar-refractivity contribution >= 4 is 5.97 Å². The van der Waals surface area contributed by atoms with E-state index < -0.39 is 11.5 Å². The Morgan fingerprint density at radius 3 is 2.08 bits per heavy atom. The fraction of sp³-hybridized carbons (Fsp3) is 0.875. The normalized spacial score (nSPS) is 16.6. The van der Waals surface area contributed by atoms with E-state index in [1.54, 1.807) is 11.9 Å². The molecule has 0 aromatic rings. The smallest absolute Gasteiger partial charge is 0.326 e. The molecule has 0 aliphatic carbocycles. The molecule has 0 saturated heterocycles. The van der Waals surface area contributed by atoms with E-state index in [1.807, 2.05) is 13.8 Å². The van der Waals surface area contributed by atoms with Crippen molar-refractivity contribution in [2.45, 2.75) is 32.4 Å². The Kier molecular flexibility index (Phi) is 3.67. The third-order valence-electron chi connectivity index (χ3n) is 2.32. The van der Waals surface area contributed by atoms with Gasteiger partial charge in [0.15, 0.2) is 0 Å². The predicted molar refractivity (Wildman–Crippen MR) is 46.0 cm³/mol. The number of hydrogen-bond donors (Lipinski definition) is 2. The van der Waals surface area contributed by atoms with E-state index in [-0.39, 0.29) is 12.6 Å². The van der Waals surface area contributed by atoms with Crippen molar-refractivity contribution in [3.8, 4) is 0 Å². The molecule has 0 heterocycles. The first-order valence-corrected chi connectivity index (χ1v) is 3.93. The van der Waals surface area contributed by atoms with Gasteiger partial charge in [-0.25, -0.2) is 0 Å². The summed E-state index contributed by atoms with van der Waals surface area (Å²) in [7, 11) is 1.69. The largest absolute Gasteiger partial charge is 0.480 e. The van der Waals surface area contributed by atoms with Crippen molar-refractivity contribution in [3.63, 3.8) is 0 Å². The van der Waals surface area contributed by atoms with Gasteiger partial charge in [-0.1, -0.05) is 0 Å². The summed E-state index contributed by atoms with van der Waals surface area (Å²) in [5.74, 6) is -0.999. The molecule has 4 nitrogen and oxygen atoms in total. The van der Waals surface area contributed by atoms with Crippen LogP contribution in [0.2, 0.25) is 0 Å². The highest BCUT2D eigenvalue weighted by Crippen LogP contribution is 2.15. The molecule has 4 heteroatoms. The summed E-state index contributed by atoms with van der Waals surface area (Å²) in [5.41, 5.74) is -1.17. The van der Waals surface area contributed by atoms with Crippen molar-refractivity contribution in [2.24, 2.45) is 0 Å². The summed E-state index contributed by atoms with van der Waals surface area (Å²) < 4.78 is 0. The first kappa shape index (κ1) is 11.4. The molecule has 2 N–H and O–H groups in total. The first-order valence-electron chi connectivity index (χ1n) is 3.93. The summed E-state index contributed by atoms with van der Waals surface area (Å²) in [5, 5.41) is 17.8. The van der Waals surface area contributed by atoms with Crippen LogP contribution in [-0.4, -0.2) is 46.3 Å². The molecule has 0 aliphatic rings. The molecule has 0 unspecified atom stereocenters. The van der Waals surface area contributed by atoms with Crippen LogP contribution < -0.4 is 0 Å². The topological polar surface area (TPSA) is 60.8 Å². The maximum atomic E-state index is 10.8. The van der Waals surface area contributed by atoms with Crippen molar-refractivity contribution < 1.29 is 15.0 Å². The lowest BCUT2D eigenvalue weighted by Crippen LogP contribution is -2.55. The summed E-state index contributed by atoms with van der Waals surface area (Å²) in [6, 6.07) is 0.0956. The third-order valence-corrected chi connectivity index (χ3v) is 2.32. The Hall–Kier alpha value is -0.610. The number of carboxylic acid groups (broad SMARTS) is 1. The molecule has 1 atom stereocenters. The van der Waals surface area contributed by atoms with E-state index in [9.17, 15) is 4.79 Å². The fourth-order valence-electron chi connectivity index (χ4n) is 0.900. The van der Waals surface area contributed by atoms with Gasteiger partial charge >= 0.3 is 5.97 Å². The van der Waals surface area contributed by atoms with Gasteiger partial charge in [-0.2, -0.15) is 0 Å². The van der Waals surface area contributed by atoms with Crippen LogP contribution in [0.25, 0.3) is 0 Å². The number of aliphatic hydroxyl groups is 1. The third kappa shape index (κ3) is 1.95. The predicted octanol–water partition coefficient (Wildman–Crippen LogP) is 0.162. The standard InChI is InChI=1S/C8H17NO3/c1-6(2)9(4)8(3,5-10)7(11)12/h6,10H,5H2,1-4H3,(H,11,12)/t8-/m0/s1. The lowest BCUT2D eigenvalue weighted by Gasteiger charge is -2.36. The van der Waals surface area contributed by atoms with Gasteiger partial charge in [0.25, 0.3) is 0 Å². The van der Waals surface area contributed by atoms with Gasteiger partial charge in [0.1, 0.15) is 5.54 Å². The minimum absolute atomic E-state index is 0.0956. The van der Waals surface area contributed by atoms with E-state index in [2.05, 4.69) is 0 Å². The Morgan fingerprint density at radius 1 is 1.58 bits per heavy atom. The number of nitrogens with zero attached hydrogens (tertiary/aromatic N) is 1. The Labute approximate surface area is 72.8 Å². The van der Waals surface area contributed by atoms with Crippen LogP contribution in [0.3, 0.4) is 0 Å². The summed E-state index contributed by atoms with van der Waals surface area (Å²) >= 11 is 0. The fourth-order valence-corrected chi connectivity index (χ4v) is 0.900. The maximum Gasteiger partial charge on any atom is 0.326 e. The lowest BCUT2D eigenvalue weighted by molar-refractivity contribution is -0.153. The molecule has 72 valence electrons. The number of carbonyl (C=O) groups is 1. The highest BCUT2D eigenvalue weighted by atomic mass is 16.4. The molecule has 0 bridgehead atoms. The second-order valence-corrected chi connectivity index (χ2v) is 3.44. The molecule has 0 aliphatic heterocycles. The number of carboxylic acids is 1. The number of hydrogen-bond acceptors (Lipinski definition) is 3. The number of likely N-dealkylation sites (N-methyl/N-ethyl adjacent to an activating group) is 1. The highest BCUT2D eigenvalue weighted by Gasteiger charge is 2.37. The average molecular weight is 175 g/mol. The molecule has 0 amide bonds. The second kappa shape index (κ2) is 3.87. The molecule has 0 fully saturated rings. The summed E-state index contributed by atoms with van der Waals surface area (Å²) in [6.45, 7) is 4.90.